The Kier molecular flexibility index (Phi) is 3.61. The highest BCUT2D eigenvalue weighted by atomic mass is 127. The number of hydrogen-bond acceptors (Lipinski definition) is 3. The molecular weight excluding hydrogens is 325 g/mol. The second-order valence-corrected chi connectivity index (χ2v) is 5.28. The molecule has 0 aliphatic rings. The zero-order valence-corrected chi connectivity index (χ0v) is 12.0. The third kappa shape index (κ3) is 2.94. The molecule has 2 aromatic rings. The Hall–Kier alpha value is -1.17. The molecule has 88 valence electrons. The number of nitrogens with two attached hydrogens (primary N) is 1. The largest absolute Gasteiger partial charge is 0.383 e. The molecule has 0 aliphatic heterocycles. The number of aryl methyl sites for hydroxylation is 2. The van der Waals surface area contributed by atoms with E-state index in [9.17, 15) is 0 Å². The van der Waals surface area contributed by atoms with Crippen molar-refractivity contribution in [3.8, 4) is 0 Å². The Labute approximate surface area is 115 Å². The summed E-state index contributed by atoms with van der Waals surface area (Å²) >= 11 is 2.13. The fourth-order valence-electron chi connectivity index (χ4n) is 1.60. The molecule has 0 spiro atoms. The van der Waals surface area contributed by atoms with Crippen molar-refractivity contribution < 1.29 is 0 Å². The standard InChI is InChI=1S/C13H14IN3/c1-8-3-4-10(5-9(8)2)6-12-16-7-11(14)13(15)17-12/h3-5,7H,6H2,1-2H3,(H2,15,16,17). The van der Waals surface area contributed by atoms with Crippen molar-refractivity contribution >= 4 is 28.4 Å². The van der Waals surface area contributed by atoms with Gasteiger partial charge in [0.2, 0.25) is 0 Å². The molecule has 2 N–H and O–H groups in total. The molecule has 0 atom stereocenters. The smallest absolute Gasteiger partial charge is 0.140 e. The first kappa shape index (κ1) is 12.3. The van der Waals surface area contributed by atoms with Gasteiger partial charge in [-0.25, -0.2) is 9.97 Å². The van der Waals surface area contributed by atoms with Crippen molar-refractivity contribution in [1.29, 1.82) is 0 Å². The molecule has 1 aromatic carbocycles. The van der Waals surface area contributed by atoms with Crippen LogP contribution in [0.25, 0.3) is 0 Å². The molecule has 0 saturated heterocycles. The van der Waals surface area contributed by atoms with Crippen molar-refractivity contribution in [2.24, 2.45) is 0 Å². The van der Waals surface area contributed by atoms with Gasteiger partial charge in [0.25, 0.3) is 0 Å². The van der Waals surface area contributed by atoms with Gasteiger partial charge in [-0.2, -0.15) is 0 Å². The maximum absolute atomic E-state index is 5.77. The second kappa shape index (κ2) is 5.00. The fourth-order valence-corrected chi connectivity index (χ4v) is 1.86. The summed E-state index contributed by atoms with van der Waals surface area (Å²) in [4.78, 5) is 8.57. The number of nitrogen functional groups attached to an aromatic ring is 1. The molecule has 0 radical (unpaired) electrons. The van der Waals surface area contributed by atoms with E-state index in [0.29, 0.717) is 5.82 Å². The molecule has 0 fully saturated rings. The number of nitrogens with zero attached hydrogens (tertiary/aromatic N) is 2. The molecule has 0 amide bonds. The summed E-state index contributed by atoms with van der Waals surface area (Å²) < 4.78 is 0.895. The quantitative estimate of drug-likeness (QED) is 0.856. The first-order chi connectivity index (χ1) is 8.06. The third-order valence-corrected chi connectivity index (χ3v) is 3.59. The number of anilines is 1. The molecule has 0 unspecified atom stereocenters. The van der Waals surface area contributed by atoms with Gasteiger partial charge in [-0.05, 0) is 53.1 Å². The van der Waals surface area contributed by atoms with Crippen LogP contribution in [0.4, 0.5) is 5.82 Å². The van der Waals surface area contributed by atoms with E-state index in [2.05, 4.69) is 64.6 Å². The third-order valence-electron chi connectivity index (χ3n) is 2.75. The minimum Gasteiger partial charge on any atom is -0.383 e. The Bertz CT molecular complexity index is 503. The van der Waals surface area contributed by atoms with E-state index in [1.807, 2.05) is 0 Å². The first-order valence-corrected chi connectivity index (χ1v) is 6.47. The number of rotatable bonds is 2. The molecule has 4 heteroatoms. The average molecular weight is 339 g/mol. The maximum Gasteiger partial charge on any atom is 0.140 e. The van der Waals surface area contributed by atoms with Crippen molar-refractivity contribution in [3.05, 3.63) is 50.5 Å². The first-order valence-electron chi connectivity index (χ1n) is 5.39. The van der Waals surface area contributed by atoms with Crippen LogP contribution in [-0.4, -0.2) is 9.97 Å². The zero-order valence-electron chi connectivity index (χ0n) is 9.87. The van der Waals surface area contributed by atoms with Gasteiger partial charge >= 0.3 is 0 Å². The fraction of sp³-hybridized carbons (Fsp3) is 0.231. The summed E-state index contributed by atoms with van der Waals surface area (Å²) in [5.41, 5.74) is 9.58. The highest BCUT2D eigenvalue weighted by Crippen LogP contribution is 2.14. The predicted molar refractivity (Wildman–Crippen MR) is 77.9 cm³/mol. The van der Waals surface area contributed by atoms with E-state index in [-0.39, 0.29) is 0 Å². The van der Waals surface area contributed by atoms with Crippen LogP contribution < -0.4 is 5.73 Å². The molecular formula is C13H14IN3. The van der Waals surface area contributed by atoms with E-state index in [4.69, 9.17) is 5.73 Å². The Morgan fingerprint density at radius 3 is 2.65 bits per heavy atom. The maximum atomic E-state index is 5.77. The van der Waals surface area contributed by atoms with Crippen molar-refractivity contribution in [2.45, 2.75) is 20.3 Å². The van der Waals surface area contributed by atoms with Crippen LogP contribution in [0.15, 0.2) is 24.4 Å². The molecule has 0 bridgehead atoms. The van der Waals surface area contributed by atoms with E-state index >= 15 is 0 Å². The lowest BCUT2D eigenvalue weighted by Gasteiger charge is -2.05. The van der Waals surface area contributed by atoms with Gasteiger partial charge in [-0.3, -0.25) is 0 Å². The van der Waals surface area contributed by atoms with Gasteiger partial charge < -0.3 is 5.73 Å². The van der Waals surface area contributed by atoms with Crippen LogP contribution in [0.2, 0.25) is 0 Å². The molecule has 1 heterocycles. The van der Waals surface area contributed by atoms with Crippen LogP contribution in [-0.2, 0) is 6.42 Å². The molecule has 3 nitrogen and oxygen atoms in total. The van der Waals surface area contributed by atoms with Gasteiger partial charge in [0.1, 0.15) is 11.6 Å². The molecule has 0 aliphatic carbocycles. The summed E-state index contributed by atoms with van der Waals surface area (Å²) in [6, 6.07) is 6.41. The van der Waals surface area contributed by atoms with Crippen molar-refractivity contribution in [2.75, 3.05) is 5.73 Å². The summed E-state index contributed by atoms with van der Waals surface area (Å²) in [5, 5.41) is 0. The van der Waals surface area contributed by atoms with Gasteiger partial charge in [0.05, 0.1) is 3.57 Å². The number of benzene rings is 1. The van der Waals surface area contributed by atoms with Crippen LogP contribution in [0, 0.1) is 17.4 Å². The lowest BCUT2D eigenvalue weighted by atomic mass is 10.0. The highest BCUT2D eigenvalue weighted by Gasteiger charge is 2.04. The van der Waals surface area contributed by atoms with E-state index in [1.165, 1.54) is 16.7 Å². The molecule has 2 rings (SSSR count). The monoisotopic (exact) mass is 339 g/mol. The van der Waals surface area contributed by atoms with Gasteiger partial charge in [0, 0.05) is 12.6 Å². The number of halogens is 1. The minimum atomic E-state index is 0.555. The molecule has 17 heavy (non-hydrogen) atoms. The van der Waals surface area contributed by atoms with E-state index in [1.54, 1.807) is 6.20 Å². The van der Waals surface area contributed by atoms with E-state index < -0.39 is 0 Å². The van der Waals surface area contributed by atoms with Gasteiger partial charge in [0.15, 0.2) is 0 Å². The summed E-state index contributed by atoms with van der Waals surface area (Å²) in [7, 11) is 0. The lowest BCUT2D eigenvalue weighted by molar-refractivity contribution is 0.965. The van der Waals surface area contributed by atoms with Crippen molar-refractivity contribution in [1.82, 2.24) is 9.97 Å². The molecule has 1 aromatic heterocycles. The normalized spacial score (nSPS) is 10.5. The van der Waals surface area contributed by atoms with Crippen LogP contribution >= 0.6 is 22.6 Å². The lowest BCUT2D eigenvalue weighted by Crippen LogP contribution is -2.02. The predicted octanol–water partition coefficient (Wildman–Crippen LogP) is 2.87. The Morgan fingerprint density at radius 2 is 2.00 bits per heavy atom. The summed E-state index contributed by atoms with van der Waals surface area (Å²) in [5.74, 6) is 1.32. The van der Waals surface area contributed by atoms with E-state index in [0.717, 1.165) is 15.8 Å². The number of hydrogen-bond donors (Lipinski definition) is 1. The van der Waals surface area contributed by atoms with Gasteiger partial charge in [-0.1, -0.05) is 18.2 Å². The van der Waals surface area contributed by atoms with Gasteiger partial charge in [-0.15, -0.1) is 0 Å². The SMILES string of the molecule is Cc1ccc(Cc2ncc(I)c(N)n2)cc1C. The molecule has 0 saturated carbocycles. The topological polar surface area (TPSA) is 51.8 Å². The second-order valence-electron chi connectivity index (χ2n) is 4.11. The van der Waals surface area contributed by atoms with Crippen molar-refractivity contribution in [3.63, 3.8) is 0 Å². The summed E-state index contributed by atoms with van der Waals surface area (Å²) in [6.45, 7) is 4.22. The zero-order chi connectivity index (χ0) is 12.4. The average Bonchev–Trinajstić information content (AvgIpc) is 2.29. The Morgan fingerprint density at radius 1 is 1.24 bits per heavy atom. The Balaban J connectivity index is 2.25. The summed E-state index contributed by atoms with van der Waals surface area (Å²) in [6.07, 6.45) is 2.49. The van der Waals surface area contributed by atoms with Crippen LogP contribution in [0.1, 0.15) is 22.5 Å². The van der Waals surface area contributed by atoms with Crippen LogP contribution in [0.3, 0.4) is 0 Å². The highest BCUT2D eigenvalue weighted by molar-refractivity contribution is 14.1. The minimum absolute atomic E-state index is 0.555. The van der Waals surface area contributed by atoms with Crippen LogP contribution in [0.5, 0.6) is 0 Å². The number of aromatic nitrogens is 2.